The molecule has 144 valence electrons. The number of nitrogens with zero attached hydrogens (tertiary/aromatic N) is 3. The molecule has 0 radical (unpaired) electrons. The Morgan fingerprint density at radius 2 is 1.74 bits per heavy atom. The van der Waals surface area contributed by atoms with Gasteiger partial charge in [0, 0.05) is 5.56 Å². The molecule has 4 N–H and O–H groups in total. The SMILES string of the molecule is C/C(=N\N=C(N)N)c1sc(-c2ccc(OC3CCCCCC3)cc2)nc1C. The zero-order valence-corrected chi connectivity index (χ0v) is 16.8. The van der Waals surface area contributed by atoms with E-state index in [0.29, 0.717) is 6.10 Å². The molecule has 0 atom stereocenters. The summed E-state index contributed by atoms with van der Waals surface area (Å²) < 4.78 is 6.17. The first-order chi connectivity index (χ1) is 13.0. The minimum absolute atomic E-state index is 0.0546. The van der Waals surface area contributed by atoms with Crippen molar-refractivity contribution < 1.29 is 4.74 Å². The van der Waals surface area contributed by atoms with Gasteiger partial charge in [0.1, 0.15) is 10.8 Å². The summed E-state index contributed by atoms with van der Waals surface area (Å²) in [5.41, 5.74) is 13.4. The number of guanidine groups is 1. The van der Waals surface area contributed by atoms with Gasteiger partial charge in [0.2, 0.25) is 5.96 Å². The Morgan fingerprint density at radius 1 is 1.07 bits per heavy atom. The lowest BCUT2D eigenvalue weighted by atomic mass is 10.1. The first-order valence-electron chi connectivity index (χ1n) is 9.41. The molecule has 1 saturated carbocycles. The van der Waals surface area contributed by atoms with Crippen LogP contribution in [0.15, 0.2) is 34.5 Å². The fourth-order valence-electron chi connectivity index (χ4n) is 3.26. The van der Waals surface area contributed by atoms with Crippen LogP contribution >= 0.6 is 11.3 Å². The van der Waals surface area contributed by atoms with E-state index in [-0.39, 0.29) is 5.96 Å². The average molecular weight is 386 g/mol. The highest BCUT2D eigenvalue weighted by molar-refractivity contribution is 7.17. The highest BCUT2D eigenvalue weighted by Crippen LogP contribution is 2.30. The Kier molecular flexibility index (Phi) is 6.45. The van der Waals surface area contributed by atoms with Crippen molar-refractivity contribution >= 4 is 23.0 Å². The van der Waals surface area contributed by atoms with Gasteiger partial charge in [0.15, 0.2) is 0 Å². The normalized spacial score (nSPS) is 16.0. The van der Waals surface area contributed by atoms with Gasteiger partial charge in [-0.25, -0.2) is 4.98 Å². The van der Waals surface area contributed by atoms with Crippen molar-refractivity contribution in [3.8, 4) is 16.3 Å². The lowest BCUT2D eigenvalue weighted by Crippen LogP contribution is -2.22. The van der Waals surface area contributed by atoms with Crippen LogP contribution in [0.1, 0.15) is 56.0 Å². The van der Waals surface area contributed by atoms with Crippen molar-refractivity contribution in [2.75, 3.05) is 0 Å². The molecular formula is C20H27N5OS. The van der Waals surface area contributed by atoms with E-state index in [2.05, 4.69) is 27.3 Å². The van der Waals surface area contributed by atoms with Gasteiger partial charge in [0.05, 0.1) is 22.4 Å². The molecule has 1 fully saturated rings. The Morgan fingerprint density at radius 3 is 2.37 bits per heavy atom. The summed E-state index contributed by atoms with van der Waals surface area (Å²) in [5, 5.41) is 8.72. The first-order valence-corrected chi connectivity index (χ1v) is 10.2. The van der Waals surface area contributed by atoms with Crippen LogP contribution in [0.4, 0.5) is 0 Å². The van der Waals surface area contributed by atoms with Crippen LogP contribution in [0, 0.1) is 6.92 Å². The van der Waals surface area contributed by atoms with Crippen LogP contribution in [0.2, 0.25) is 0 Å². The predicted molar refractivity (Wildman–Crippen MR) is 112 cm³/mol. The number of thiazole rings is 1. The van der Waals surface area contributed by atoms with Crippen LogP contribution in [0.3, 0.4) is 0 Å². The minimum Gasteiger partial charge on any atom is -0.490 e. The Balaban J connectivity index is 1.72. The molecule has 2 aromatic rings. The number of rotatable bonds is 5. The van der Waals surface area contributed by atoms with Gasteiger partial charge in [-0.2, -0.15) is 5.10 Å². The van der Waals surface area contributed by atoms with Crippen LogP contribution in [-0.4, -0.2) is 22.8 Å². The molecule has 3 rings (SSSR count). The second kappa shape index (κ2) is 8.99. The minimum atomic E-state index is -0.0546. The van der Waals surface area contributed by atoms with Crippen LogP contribution in [0.5, 0.6) is 5.75 Å². The van der Waals surface area contributed by atoms with Gasteiger partial charge in [-0.3, -0.25) is 0 Å². The summed E-state index contributed by atoms with van der Waals surface area (Å²) in [6.45, 7) is 3.84. The van der Waals surface area contributed by atoms with E-state index in [1.165, 1.54) is 25.7 Å². The van der Waals surface area contributed by atoms with Crippen molar-refractivity contribution in [1.29, 1.82) is 0 Å². The summed E-state index contributed by atoms with van der Waals surface area (Å²) in [7, 11) is 0. The largest absolute Gasteiger partial charge is 0.490 e. The molecule has 1 heterocycles. The topological polar surface area (TPSA) is 98.9 Å². The molecule has 0 amide bonds. The van der Waals surface area contributed by atoms with E-state index in [1.807, 2.05) is 26.0 Å². The van der Waals surface area contributed by atoms with E-state index in [9.17, 15) is 0 Å². The van der Waals surface area contributed by atoms with Crippen molar-refractivity contribution in [3.63, 3.8) is 0 Å². The fourth-order valence-corrected chi connectivity index (χ4v) is 4.27. The van der Waals surface area contributed by atoms with Gasteiger partial charge < -0.3 is 16.2 Å². The standard InChI is InChI=1S/C20H27N5OS/c1-13-18(14(2)24-25-20(21)22)27-19(23-13)15-9-11-17(12-10-15)26-16-7-5-3-4-6-8-16/h9-12,16H,3-8H2,1-2H3,(H4,21,22,25)/b24-14+. The number of hydrogen-bond donors (Lipinski definition) is 2. The zero-order chi connectivity index (χ0) is 19.2. The van der Waals surface area contributed by atoms with E-state index in [4.69, 9.17) is 16.2 Å². The quantitative estimate of drug-likeness (QED) is 0.348. The third kappa shape index (κ3) is 5.29. The first kappa shape index (κ1) is 19.4. The van der Waals surface area contributed by atoms with Crippen LogP contribution < -0.4 is 16.2 Å². The van der Waals surface area contributed by atoms with Gasteiger partial charge in [-0.15, -0.1) is 16.4 Å². The van der Waals surface area contributed by atoms with Gasteiger partial charge in [-0.1, -0.05) is 12.8 Å². The zero-order valence-electron chi connectivity index (χ0n) is 15.9. The second-order valence-electron chi connectivity index (χ2n) is 6.90. The van der Waals surface area contributed by atoms with Gasteiger partial charge in [-0.05, 0) is 63.8 Å². The molecule has 7 heteroatoms. The molecule has 0 bridgehead atoms. The number of ether oxygens (including phenoxy) is 1. The maximum Gasteiger partial charge on any atom is 0.211 e. The van der Waals surface area contributed by atoms with Crippen molar-refractivity contribution in [2.45, 2.75) is 58.5 Å². The van der Waals surface area contributed by atoms with Crippen molar-refractivity contribution in [2.24, 2.45) is 21.7 Å². The molecular weight excluding hydrogens is 358 g/mol. The van der Waals surface area contributed by atoms with Crippen molar-refractivity contribution in [3.05, 3.63) is 34.8 Å². The lowest BCUT2D eigenvalue weighted by molar-refractivity contribution is 0.184. The second-order valence-corrected chi connectivity index (χ2v) is 7.90. The molecule has 0 saturated heterocycles. The molecule has 0 unspecified atom stereocenters. The predicted octanol–water partition coefficient (Wildman–Crippen LogP) is 4.22. The number of aromatic nitrogens is 1. The summed E-state index contributed by atoms with van der Waals surface area (Å²) in [6.07, 6.45) is 7.86. The average Bonchev–Trinajstić information content (AvgIpc) is 2.86. The monoisotopic (exact) mass is 385 g/mol. The molecule has 6 nitrogen and oxygen atoms in total. The molecule has 1 aliphatic carbocycles. The Bertz CT molecular complexity index is 813. The van der Waals surface area contributed by atoms with Crippen LogP contribution in [0.25, 0.3) is 10.6 Å². The smallest absolute Gasteiger partial charge is 0.211 e. The highest BCUT2D eigenvalue weighted by Gasteiger charge is 2.15. The molecule has 27 heavy (non-hydrogen) atoms. The lowest BCUT2D eigenvalue weighted by Gasteiger charge is -2.17. The molecule has 0 spiro atoms. The van der Waals surface area contributed by atoms with Gasteiger partial charge >= 0.3 is 0 Å². The maximum atomic E-state index is 6.17. The molecule has 1 aromatic heterocycles. The van der Waals surface area contributed by atoms with Gasteiger partial charge in [0.25, 0.3) is 0 Å². The number of hydrogen-bond acceptors (Lipinski definition) is 5. The van der Waals surface area contributed by atoms with Crippen molar-refractivity contribution in [1.82, 2.24) is 4.98 Å². The van der Waals surface area contributed by atoms with E-state index in [1.54, 1.807) is 11.3 Å². The van der Waals surface area contributed by atoms with E-state index in [0.717, 1.165) is 45.4 Å². The molecule has 1 aromatic carbocycles. The molecule has 0 aliphatic heterocycles. The summed E-state index contributed by atoms with van der Waals surface area (Å²) in [6, 6.07) is 8.21. The fraction of sp³-hybridized carbons (Fsp3) is 0.450. The van der Waals surface area contributed by atoms with E-state index < -0.39 is 0 Å². The summed E-state index contributed by atoms with van der Waals surface area (Å²) >= 11 is 1.58. The summed E-state index contributed by atoms with van der Waals surface area (Å²) in [4.78, 5) is 5.65. The van der Waals surface area contributed by atoms with E-state index >= 15 is 0 Å². The maximum absolute atomic E-state index is 6.17. The Hall–Kier alpha value is -2.41. The number of benzene rings is 1. The third-order valence-corrected chi connectivity index (χ3v) is 5.96. The summed E-state index contributed by atoms with van der Waals surface area (Å²) in [5.74, 6) is 0.880. The van der Waals surface area contributed by atoms with Crippen LogP contribution in [-0.2, 0) is 0 Å². The highest BCUT2D eigenvalue weighted by atomic mass is 32.1. The Labute approximate surface area is 164 Å². The number of nitrogens with two attached hydrogens (primary N) is 2. The number of aryl methyl sites for hydroxylation is 1. The molecule has 1 aliphatic rings. The third-order valence-electron chi connectivity index (χ3n) is 4.65.